The Morgan fingerprint density at radius 1 is 1.32 bits per heavy atom. The summed E-state index contributed by atoms with van der Waals surface area (Å²) < 4.78 is 7.57. The number of fused-ring (bicyclic) bond motifs is 1. The first-order chi connectivity index (χ1) is 9.26. The summed E-state index contributed by atoms with van der Waals surface area (Å²) >= 11 is 0. The van der Waals surface area contributed by atoms with E-state index in [0.717, 1.165) is 22.5 Å². The number of hydrogen-bond acceptors (Lipinski definition) is 4. The van der Waals surface area contributed by atoms with Crippen LogP contribution in [0, 0.1) is 6.92 Å². The predicted molar refractivity (Wildman–Crippen MR) is 72.1 cm³/mol. The van der Waals surface area contributed by atoms with E-state index < -0.39 is 0 Å². The molecule has 0 saturated heterocycles. The molecule has 0 bridgehead atoms. The van der Waals surface area contributed by atoms with E-state index in [0.29, 0.717) is 12.4 Å². The lowest BCUT2D eigenvalue weighted by Crippen LogP contribution is -1.97. The second-order valence-corrected chi connectivity index (χ2v) is 4.30. The van der Waals surface area contributed by atoms with Gasteiger partial charge in [-0.2, -0.15) is 5.10 Å². The van der Waals surface area contributed by atoms with E-state index in [-0.39, 0.29) is 0 Å². The molecule has 3 aromatic rings. The van der Waals surface area contributed by atoms with Gasteiger partial charge in [-0.05, 0) is 30.7 Å². The van der Waals surface area contributed by atoms with Gasteiger partial charge in [0.2, 0.25) is 5.88 Å². The Balaban J connectivity index is 2.00. The van der Waals surface area contributed by atoms with Crippen LogP contribution >= 0.6 is 0 Å². The molecule has 2 aromatic heterocycles. The molecule has 2 heterocycles. The van der Waals surface area contributed by atoms with Gasteiger partial charge in [0.25, 0.3) is 0 Å². The molecule has 0 atom stereocenters. The third-order valence-electron chi connectivity index (χ3n) is 2.83. The molecule has 3 rings (SSSR count). The second-order valence-electron chi connectivity index (χ2n) is 4.30. The first-order valence-electron chi connectivity index (χ1n) is 6.04. The summed E-state index contributed by atoms with van der Waals surface area (Å²) in [4.78, 5) is 4.26. The van der Waals surface area contributed by atoms with Crippen LogP contribution in [-0.2, 0) is 6.54 Å². The molecular weight excluding hydrogens is 240 g/mol. The van der Waals surface area contributed by atoms with Crippen LogP contribution in [0.3, 0.4) is 0 Å². The van der Waals surface area contributed by atoms with Crippen molar-refractivity contribution >= 4 is 5.52 Å². The average molecular weight is 254 g/mol. The van der Waals surface area contributed by atoms with Crippen LogP contribution in [-0.4, -0.2) is 14.6 Å². The number of benzene rings is 1. The van der Waals surface area contributed by atoms with Crippen LogP contribution in [0.25, 0.3) is 5.52 Å². The quantitative estimate of drug-likeness (QED) is 0.778. The maximum atomic E-state index is 5.82. The van der Waals surface area contributed by atoms with Gasteiger partial charge in [0.1, 0.15) is 11.3 Å². The highest BCUT2D eigenvalue weighted by atomic mass is 16.5. The highest BCUT2D eigenvalue weighted by molar-refractivity contribution is 5.57. The van der Waals surface area contributed by atoms with Crippen molar-refractivity contribution in [1.29, 1.82) is 0 Å². The van der Waals surface area contributed by atoms with E-state index >= 15 is 0 Å². The standard InChI is InChI=1S/C14H14N4O/c1-10-7-13-14(16-5-6-18(13)17-10)19-12-4-2-3-11(8-12)9-15/h2-8H,9,15H2,1H3. The largest absolute Gasteiger partial charge is 0.437 e. The topological polar surface area (TPSA) is 65.4 Å². The van der Waals surface area contributed by atoms with Gasteiger partial charge in [-0.3, -0.25) is 0 Å². The lowest BCUT2D eigenvalue weighted by atomic mass is 10.2. The van der Waals surface area contributed by atoms with Crippen LogP contribution in [0.4, 0.5) is 0 Å². The number of ether oxygens (including phenoxy) is 1. The van der Waals surface area contributed by atoms with Crippen molar-refractivity contribution in [3.8, 4) is 11.6 Å². The maximum absolute atomic E-state index is 5.82. The Kier molecular flexibility index (Phi) is 2.89. The molecule has 5 heteroatoms. The predicted octanol–water partition coefficient (Wildman–Crippen LogP) is 2.29. The van der Waals surface area contributed by atoms with E-state index in [4.69, 9.17) is 10.5 Å². The van der Waals surface area contributed by atoms with Gasteiger partial charge >= 0.3 is 0 Å². The fourth-order valence-electron chi connectivity index (χ4n) is 1.95. The van der Waals surface area contributed by atoms with Crippen LogP contribution in [0.5, 0.6) is 11.6 Å². The van der Waals surface area contributed by atoms with Crippen LogP contribution in [0.15, 0.2) is 42.7 Å². The molecule has 1 aromatic carbocycles. The number of hydrogen-bond donors (Lipinski definition) is 1. The SMILES string of the molecule is Cc1cc2c(Oc3cccc(CN)c3)nccn2n1. The molecule has 96 valence electrons. The number of aromatic nitrogens is 3. The van der Waals surface area contributed by atoms with Gasteiger partial charge < -0.3 is 10.5 Å². The van der Waals surface area contributed by atoms with Crippen molar-refractivity contribution in [2.45, 2.75) is 13.5 Å². The smallest absolute Gasteiger partial charge is 0.245 e. The van der Waals surface area contributed by atoms with E-state index in [1.807, 2.05) is 37.3 Å². The summed E-state index contributed by atoms with van der Waals surface area (Å²) in [6, 6.07) is 9.61. The molecular formula is C14H14N4O. The van der Waals surface area contributed by atoms with Gasteiger partial charge in [0.15, 0.2) is 0 Å². The van der Waals surface area contributed by atoms with Gasteiger partial charge in [-0.25, -0.2) is 9.50 Å². The summed E-state index contributed by atoms with van der Waals surface area (Å²) in [6.45, 7) is 2.42. The van der Waals surface area contributed by atoms with Crippen LogP contribution < -0.4 is 10.5 Å². The lowest BCUT2D eigenvalue weighted by molar-refractivity contribution is 0.465. The van der Waals surface area contributed by atoms with E-state index in [1.165, 1.54) is 0 Å². The second kappa shape index (κ2) is 4.70. The van der Waals surface area contributed by atoms with Crippen molar-refractivity contribution in [2.75, 3.05) is 0 Å². The molecule has 0 aliphatic carbocycles. The zero-order chi connectivity index (χ0) is 13.2. The molecule has 0 aliphatic rings. The van der Waals surface area contributed by atoms with Crippen molar-refractivity contribution in [3.63, 3.8) is 0 Å². The number of nitrogens with zero attached hydrogens (tertiary/aromatic N) is 3. The minimum absolute atomic E-state index is 0.487. The zero-order valence-corrected chi connectivity index (χ0v) is 10.6. The lowest BCUT2D eigenvalue weighted by Gasteiger charge is -2.06. The number of nitrogens with two attached hydrogens (primary N) is 1. The van der Waals surface area contributed by atoms with Crippen molar-refractivity contribution in [3.05, 3.63) is 54.0 Å². The molecule has 19 heavy (non-hydrogen) atoms. The summed E-state index contributed by atoms with van der Waals surface area (Å²) in [6.07, 6.45) is 3.47. The van der Waals surface area contributed by atoms with Gasteiger partial charge in [-0.1, -0.05) is 12.1 Å². The Hall–Kier alpha value is -2.40. The molecule has 0 unspecified atom stereocenters. The van der Waals surface area contributed by atoms with E-state index in [1.54, 1.807) is 16.9 Å². The Labute approximate surface area is 110 Å². The van der Waals surface area contributed by atoms with Crippen molar-refractivity contribution in [1.82, 2.24) is 14.6 Å². The fraction of sp³-hybridized carbons (Fsp3) is 0.143. The minimum Gasteiger partial charge on any atom is -0.437 e. The first kappa shape index (κ1) is 11.7. The van der Waals surface area contributed by atoms with Gasteiger partial charge in [0, 0.05) is 18.9 Å². The summed E-state index contributed by atoms with van der Waals surface area (Å²) in [5.74, 6) is 1.26. The summed E-state index contributed by atoms with van der Waals surface area (Å²) in [7, 11) is 0. The fourth-order valence-corrected chi connectivity index (χ4v) is 1.95. The summed E-state index contributed by atoms with van der Waals surface area (Å²) in [5, 5.41) is 4.33. The average Bonchev–Trinajstić information content (AvgIpc) is 2.80. The van der Waals surface area contributed by atoms with Gasteiger partial charge in [-0.15, -0.1) is 0 Å². The third-order valence-corrected chi connectivity index (χ3v) is 2.83. The Morgan fingerprint density at radius 2 is 2.21 bits per heavy atom. The van der Waals surface area contributed by atoms with E-state index in [9.17, 15) is 0 Å². The molecule has 2 N–H and O–H groups in total. The molecule has 0 fully saturated rings. The third kappa shape index (κ3) is 2.28. The van der Waals surface area contributed by atoms with Crippen molar-refractivity contribution in [2.24, 2.45) is 5.73 Å². The monoisotopic (exact) mass is 254 g/mol. The van der Waals surface area contributed by atoms with Crippen LogP contribution in [0.1, 0.15) is 11.3 Å². The zero-order valence-electron chi connectivity index (χ0n) is 10.6. The number of rotatable bonds is 3. The number of aryl methyl sites for hydroxylation is 1. The minimum atomic E-state index is 0.487. The highest BCUT2D eigenvalue weighted by Gasteiger charge is 2.07. The molecule has 0 saturated carbocycles. The van der Waals surface area contributed by atoms with Gasteiger partial charge in [0.05, 0.1) is 5.69 Å². The first-order valence-corrected chi connectivity index (χ1v) is 6.04. The maximum Gasteiger partial charge on any atom is 0.245 e. The van der Waals surface area contributed by atoms with E-state index in [2.05, 4.69) is 10.1 Å². The molecule has 0 radical (unpaired) electrons. The molecule has 0 amide bonds. The molecule has 0 aliphatic heterocycles. The normalized spacial score (nSPS) is 10.8. The van der Waals surface area contributed by atoms with Crippen molar-refractivity contribution < 1.29 is 4.74 Å². The molecule has 5 nitrogen and oxygen atoms in total. The Bertz CT molecular complexity index is 720. The molecule has 0 spiro atoms. The highest BCUT2D eigenvalue weighted by Crippen LogP contribution is 2.24. The Morgan fingerprint density at radius 3 is 3.05 bits per heavy atom. The van der Waals surface area contributed by atoms with Crippen LogP contribution in [0.2, 0.25) is 0 Å². The summed E-state index contributed by atoms with van der Waals surface area (Å²) in [5.41, 5.74) is 8.41.